The van der Waals surface area contributed by atoms with Crippen molar-refractivity contribution in [1.82, 2.24) is 10.6 Å². The van der Waals surface area contributed by atoms with Crippen LogP contribution in [0.25, 0.3) is 0 Å². The number of esters is 4. The molecule has 0 aliphatic carbocycles. The zero-order valence-electron chi connectivity index (χ0n) is 66.5. The van der Waals surface area contributed by atoms with Crippen LogP contribution in [-0.2, 0) is 68.4 Å². The number of nitrogens with one attached hydrogen (secondary N) is 2. The van der Waals surface area contributed by atoms with E-state index in [9.17, 15) is 48.9 Å². The van der Waals surface area contributed by atoms with Crippen molar-refractivity contribution < 1.29 is 77.3 Å². The molecule has 0 saturated carbocycles. The highest BCUT2D eigenvalue weighted by Crippen LogP contribution is 2.28. The summed E-state index contributed by atoms with van der Waals surface area (Å²) in [5.74, 6) is -4.95. The lowest BCUT2D eigenvalue weighted by Crippen LogP contribution is -2.66. The first-order valence-electron chi connectivity index (χ1n) is 42.9. The number of rotatable bonds is 72. The van der Waals surface area contributed by atoms with E-state index in [2.05, 4.69) is 69.5 Å². The third-order valence-electron chi connectivity index (χ3n) is 20.4. The van der Waals surface area contributed by atoms with E-state index in [1.807, 2.05) is 6.07 Å². The van der Waals surface area contributed by atoms with E-state index < -0.39 is 110 Å². The lowest BCUT2D eigenvalue weighted by molar-refractivity contribution is -0.275. The highest BCUT2D eigenvalue weighted by atomic mass is 16.7. The fourth-order valence-corrected chi connectivity index (χ4v) is 14.0. The number of aliphatic carboxylic acids is 1. The van der Waals surface area contributed by atoms with E-state index >= 15 is 0 Å². The molecular formula is C86H152N2O16. The summed E-state index contributed by atoms with van der Waals surface area (Å²) in [6.45, 7) is 9.37. The number of hydrogen-bond donors (Lipinski definition) is 5. The number of ether oxygens (including phenoxy) is 6. The zero-order chi connectivity index (χ0) is 75.7. The summed E-state index contributed by atoms with van der Waals surface area (Å²) >= 11 is 0. The maximum Gasteiger partial charge on any atom is 0.328 e. The van der Waals surface area contributed by atoms with Crippen molar-refractivity contribution in [2.75, 3.05) is 13.2 Å². The molecule has 0 bridgehead atoms. The molecule has 18 heteroatoms. The minimum atomic E-state index is -1.77. The first-order chi connectivity index (χ1) is 50.7. The molecule has 0 aromatic heterocycles. The van der Waals surface area contributed by atoms with Gasteiger partial charge in [-0.1, -0.05) is 322 Å². The molecule has 1 aromatic carbocycles. The van der Waals surface area contributed by atoms with Gasteiger partial charge in [-0.3, -0.25) is 28.8 Å². The molecule has 104 heavy (non-hydrogen) atoms. The van der Waals surface area contributed by atoms with E-state index in [1.54, 1.807) is 0 Å². The van der Waals surface area contributed by atoms with E-state index in [1.165, 1.54) is 95.5 Å². The standard InChI is InChI=1S/C86H152N2O16/c1-6-11-16-21-26-29-34-40-50-59-71(100-78(92)63-55-45-38-37-39-47-56-70-57-48-46-49-58-70)65-76(90)87-74(85(97)98)69-99-86-82(88-77(91)66-72(60-51-41-35-30-27-22-17-12-7-2)101-79(93)62-53-43-32-24-19-14-9-4)84(83(96)75(68-89)103-86)104-81(95)67-73(61-52-42-36-31-28-23-18-13-8-3)102-80(94)64-54-44-33-25-20-15-10-5/h46,48-49,57-58,71-75,82-84,86,89,96H,6-45,47,50-56,59-69H2,1-5H3,(H,87,90)(H,88,91)(H,97,98)/t71-,72-,73-,74-,75-,82-,83+,84-,86-/m1/s1. The highest BCUT2D eigenvalue weighted by Gasteiger charge is 2.49. The number of hydrogen-bond acceptors (Lipinski definition) is 15. The van der Waals surface area contributed by atoms with Gasteiger partial charge >= 0.3 is 29.8 Å². The Hall–Kier alpha value is -4.65. The topological polar surface area (TPSA) is 260 Å². The van der Waals surface area contributed by atoms with Gasteiger partial charge in [-0.15, -0.1) is 0 Å². The van der Waals surface area contributed by atoms with Gasteiger partial charge in [0.05, 0.1) is 32.5 Å². The molecule has 602 valence electrons. The van der Waals surface area contributed by atoms with Crippen LogP contribution in [0.15, 0.2) is 30.3 Å². The fourth-order valence-electron chi connectivity index (χ4n) is 14.0. The molecule has 0 spiro atoms. The summed E-state index contributed by atoms with van der Waals surface area (Å²) in [6.07, 6.45) is 41.4. The average molecular weight is 1470 g/mol. The van der Waals surface area contributed by atoms with Crippen LogP contribution in [0, 0.1) is 0 Å². The fraction of sp³-hybridized carbons (Fsp3) is 0.849. The molecule has 1 aromatic rings. The number of carbonyl (C=O) groups is 7. The van der Waals surface area contributed by atoms with Crippen molar-refractivity contribution >= 4 is 41.7 Å². The van der Waals surface area contributed by atoms with Crippen LogP contribution in [0.2, 0.25) is 0 Å². The molecule has 1 saturated heterocycles. The molecule has 1 heterocycles. The summed E-state index contributed by atoms with van der Waals surface area (Å²) in [7, 11) is 0. The van der Waals surface area contributed by atoms with Gasteiger partial charge in [-0.25, -0.2) is 4.79 Å². The second-order valence-electron chi connectivity index (χ2n) is 30.2. The highest BCUT2D eigenvalue weighted by molar-refractivity contribution is 5.84. The molecule has 0 radical (unpaired) electrons. The molecule has 9 atom stereocenters. The van der Waals surface area contributed by atoms with Gasteiger partial charge in [0.1, 0.15) is 36.6 Å². The van der Waals surface area contributed by atoms with Crippen LogP contribution < -0.4 is 10.6 Å². The summed E-state index contributed by atoms with van der Waals surface area (Å²) in [6, 6.07) is 7.17. The minimum Gasteiger partial charge on any atom is -0.480 e. The van der Waals surface area contributed by atoms with Gasteiger partial charge in [0.2, 0.25) is 11.8 Å². The Morgan fingerprint density at radius 1 is 0.423 bits per heavy atom. The van der Waals surface area contributed by atoms with Gasteiger partial charge < -0.3 is 54.4 Å². The van der Waals surface area contributed by atoms with E-state index in [-0.39, 0.29) is 38.5 Å². The molecule has 18 nitrogen and oxygen atoms in total. The number of amides is 2. The molecule has 0 unspecified atom stereocenters. The Morgan fingerprint density at radius 2 is 0.760 bits per heavy atom. The number of unbranched alkanes of at least 4 members (excludes halogenated alkanes) is 41. The van der Waals surface area contributed by atoms with Crippen molar-refractivity contribution in [2.24, 2.45) is 0 Å². The first kappa shape index (κ1) is 95.4. The molecule has 2 amide bonds. The van der Waals surface area contributed by atoms with Gasteiger partial charge in [0.15, 0.2) is 18.4 Å². The quantitative estimate of drug-likeness (QED) is 0.0231. The normalized spacial score (nSPS) is 17.0. The molecule has 5 N–H and O–H groups in total. The summed E-state index contributed by atoms with van der Waals surface area (Å²) in [5.41, 5.74) is 1.33. The number of carboxylic acid groups (broad SMARTS) is 1. The Bertz CT molecular complexity index is 2270. The van der Waals surface area contributed by atoms with E-state index in [4.69, 9.17) is 28.4 Å². The van der Waals surface area contributed by atoms with Gasteiger partial charge in [-0.05, 0) is 76.2 Å². The zero-order valence-corrected chi connectivity index (χ0v) is 66.5. The van der Waals surface area contributed by atoms with Crippen molar-refractivity contribution in [2.45, 2.75) is 456 Å². The number of aryl methyl sites for hydroxylation is 1. The minimum absolute atomic E-state index is 0.192. The van der Waals surface area contributed by atoms with Crippen LogP contribution in [0.3, 0.4) is 0 Å². The van der Waals surface area contributed by atoms with Crippen molar-refractivity contribution in [3.05, 3.63) is 35.9 Å². The van der Waals surface area contributed by atoms with Crippen LogP contribution in [0.5, 0.6) is 0 Å². The van der Waals surface area contributed by atoms with Crippen LogP contribution in [0.1, 0.15) is 400 Å². The molecular weight excluding hydrogens is 1320 g/mol. The van der Waals surface area contributed by atoms with E-state index in [0.717, 1.165) is 180 Å². The van der Waals surface area contributed by atoms with Crippen molar-refractivity contribution in [3.63, 3.8) is 0 Å². The largest absolute Gasteiger partial charge is 0.480 e. The van der Waals surface area contributed by atoms with Crippen molar-refractivity contribution in [1.29, 1.82) is 0 Å². The molecule has 2 rings (SSSR count). The Labute approximate surface area is 631 Å². The lowest BCUT2D eigenvalue weighted by atomic mass is 9.96. The SMILES string of the molecule is CCCCCCCCCCC[C@H](CC(=O)N[C@H]1[C@H](OC[C@@H](NC(=O)C[C@@H](CCCCCCCCCCC)OC(=O)CCCCCCCCc2ccccc2)C(=O)O)O[C@H](CO)[C@H](O)[C@@H]1OC(=O)C[C@@H](CCCCCCCCCCC)OC(=O)CCCCCCCCC)OC(=O)CCCCCCCCC. The number of aliphatic hydroxyl groups is 2. The van der Waals surface area contributed by atoms with Crippen molar-refractivity contribution in [3.8, 4) is 0 Å². The third kappa shape index (κ3) is 51.6. The molecule has 1 fully saturated rings. The van der Waals surface area contributed by atoms with Crippen LogP contribution in [-0.4, -0.2) is 125 Å². The lowest BCUT2D eigenvalue weighted by Gasteiger charge is -2.44. The second kappa shape index (κ2) is 66.5. The molecule has 1 aliphatic rings. The Balaban J connectivity index is 2.47. The first-order valence-corrected chi connectivity index (χ1v) is 42.9. The summed E-state index contributed by atoms with van der Waals surface area (Å²) in [4.78, 5) is 96.9. The maximum absolute atomic E-state index is 14.7. The predicted molar refractivity (Wildman–Crippen MR) is 416 cm³/mol. The van der Waals surface area contributed by atoms with Gasteiger partial charge in [0, 0.05) is 19.3 Å². The monoisotopic (exact) mass is 1470 g/mol. The predicted octanol–water partition coefficient (Wildman–Crippen LogP) is 20.0. The summed E-state index contributed by atoms with van der Waals surface area (Å²) < 4.78 is 36.7. The summed E-state index contributed by atoms with van der Waals surface area (Å²) in [5, 5.41) is 38.9. The van der Waals surface area contributed by atoms with Gasteiger partial charge in [0.25, 0.3) is 0 Å². The number of benzene rings is 1. The van der Waals surface area contributed by atoms with Crippen LogP contribution in [0.4, 0.5) is 0 Å². The Morgan fingerprint density at radius 3 is 1.12 bits per heavy atom. The Kier molecular flexibility index (Phi) is 61.1. The van der Waals surface area contributed by atoms with Gasteiger partial charge in [-0.2, -0.15) is 0 Å². The van der Waals surface area contributed by atoms with E-state index in [0.29, 0.717) is 57.8 Å². The third-order valence-corrected chi connectivity index (χ3v) is 20.4. The number of aliphatic hydroxyl groups excluding tert-OH is 2. The number of carboxylic acids is 1. The number of carbonyl (C=O) groups excluding carboxylic acids is 6. The average Bonchev–Trinajstić information content (AvgIpc) is 0.793. The molecule has 1 aliphatic heterocycles. The maximum atomic E-state index is 14.7. The second-order valence-corrected chi connectivity index (χ2v) is 30.2. The smallest absolute Gasteiger partial charge is 0.328 e. The van der Waals surface area contributed by atoms with Crippen LogP contribution >= 0.6 is 0 Å².